The van der Waals surface area contributed by atoms with Gasteiger partial charge >= 0.3 is 0 Å². The van der Waals surface area contributed by atoms with Crippen LogP contribution in [0.15, 0.2) is 29.1 Å². The molecule has 2 N–H and O–H groups in total. The van der Waals surface area contributed by atoms with Crippen molar-refractivity contribution in [3.63, 3.8) is 0 Å². The summed E-state index contributed by atoms with van der Waals surface area (Å²) < 4.78 is 0. The maximum Gasteiger partial charge on any atom is 0.261 e. The largest absolute Gasteiger partial charge is 0.325 e. The molecule has 0 spiro atoms. The van der Waals surface area contributed by atoms with Crippen LogP contribution in [-0.2, 0) is 12.8 Å². The van der Waals surface area contributed by atoms with Gasteiger partial charge in [-0.3, -0.25) is 9.59 Å². The van der Waals surface area contributed by atoms with Crippen LogP contribution in [0.25, 0.3) is 0 Å². The number of amides is 1. The Bertz CT molecular complexity index is 821. The molecular weight excluding hydrogens is 288 g/mol. The van der Waals surface area contributed by atoms with Crippen molar-refractivity contribution in [3.05, 3.63) is 62.6 Å². The van der Waals surface area contributed by atoms with Crippen molar-refractivity contribution in [1.82, 2.24) is 4.98 Å². The van der Waals surface area contributed by atoms with Gasteiger partial charge in [0.2, 0.25) is 0 Å². The summed E-state index contributed by atoms with van der Waals surface area (Å²) >= 11 is 0. The normalized spacial score (nSPS) is 16.7. The summed E-state index contributed by atoms with van der Waals surface area (Å²) in [7, 11) is 0. The van der Waals surface area contributed by atoms with Crippen molar-refractivity contribution < 1.29 is 4.79 Å². The van der Waals surface area contributed by atoms with Gasteiger partial charge in [0.15, 0.2) is 0 Å². The monoisotopic (exact) mass is 310 g/mol. The van der Waals surface area contributed by atoms with Crippen molar-refractivity contribution in [2.24, 2.45) is 5.92 Å². The van der Waals surface area contributed by atoms with E-state index in [2.05, 4.69) is 17.2 Å². The fourth-order valence-corrected chi connectivity index (χ4v) is 3.20. The fraction of sp³-hybridized carbons (Fsp3) is 0.368. The van der Waals surface area contributed by atoms with E-state index in [0.717, 1.165) is 47.3 Å². The number of aryl methyl sites for hydroxylation is 3. The summed E-state index contributed by atoms with van der Waals surface area (Å²) in [5.74, 6) is 0.239. The average Bonchev–Trinajstić information content (AvgIpc) is 2.49. The molecule has 1 aromatic heterocycles. The number of hydrogen-bond acceptors (Lipinski definition) is 2. The van der Waals surface area contributed by atoms with Crippen LogP contribution in [0.3, 0.4) is 0 Å². The number of fused-ring (bicyclic) bond motifs is 1. The number of pyridine rings is 1. The molecule has 0 fully saturated rings. The van der Waals surface area contributed by atoms with E-state index in [1.807, 2.05) is 32.0 Å². The number of carbonyl (C=O) groups is 1. The first kappa shape index (κ1) is 15.5. The Kier molecular flexibility index (Phi) is 4.07. The summed E-state index contributed by atoms with van der Waals surface area (Å²) in [6, 6.07) is 7.59. The lowest BCUT2D eigenvalue weighted by Crippen LogP contribution is -2.27. The number of aromatic nitrogens is 1. The summed E-state index contributed by atoms with van der Waals surface area (Å²) in [6.45, 7) is 6.15. The van der Waals surface area contributed by atoms with Gasteiger partial charge in [-0.15, -0.1) is 0 Å². The van der Waals surface area contributed by atoms with Gasteiger partial charge in [-0.25, -0.2) is 0 Å². The number of nitrogens with one attached hydrogen (secondary N) is 2. The molecule has 0 saturated heterocycles. The highest BCUT2D eigenvalue weighted by molar-refractivity contribution is 6.04. The predicted octanol–water partition coefficient (Wildman–Crippen LogP) is 3.37. The minimum absolute atomic E-state index is 0.192. The van der Waals surface area contributed by atoms with Crippen LogP contribution >= 0.6 is 0 Å². The van der Waals surface area contributed by atoms with Crippen LogP contribution in [0.5, 0.6) is 0 Å². The molecule has 4 nitrogen and oxygen atoms in total. The summed E-state index contributed by atoms with van der Waals surface area (Å²) in [5, 5.41) is 2.85. The quantitative estimate of drug-likeness (QED) is 0.893. The third-order valence-electron chi connectivity index (χ3n) is 4.55. The van der Waals surface area contributed by atoms with E-state index in [1.54, 1.807) is 6.07 Å². The molecule has 1 aliphatic carbocycles. The second-order valence-electron chi connectivity index (χ2n) is 6.64. The van der Waals surface area contributed by atoms with Gasteiger partial charge in [-0.05, 0) is 62.3 Å². The molecule has 0 unspecified atom stereocenters. The number of anilines is 1. The first-order valence-corrected chi connectivity index (χ1v) is 8.07. The number of aromatic amines is 1. The molecule has 0 radical (unpaired) electrons. The number of rotatable bonds is 2. The Labute approximate surface area is 135 Å². The van der Waals surface area contributed by atoms with Crippen molar-refractivity contribution in [1.29, 1.82) is 0 Å². The van der Waals surface area contributed by atoms with E-state index in [4.69, 9.17) is 0 Å². The second kappa shape index (κ2) is 6.03. The smallest absolute Gasteiger partial charge is 0.261 e. The van der Waals surface area contributed by atoms with E-state index in [0.29, 0.717) is 5.92 Å². The van der Waals surface area contributed by atoms with Gasteiger partial charge in [0, 0.05) is 11.4 Å². The van der Waals surface area contributed by atoms with Crippen LogP contribution in [0.2, 0.25) is 0 Å². The minimum Gasteiger partial charge on any atom is -0.325 e. The van der Waals surface area contributed by atoms with Gasteiger partial charge in [0.05, 0.1) is 0 Å². The molecule has 1 atom stereocenters. The van der Waals surface area contributed by atoms with E-state index in [-0.39, 0.29) is 17.0 Å². The maximum absolute atomic E-state index is 12.5. The standard InChI is InChI=1S/C19H22N2O2/c1-11-4-6-16(13(3)8-11)20-18(22)15-10-14-9-12(2)5-7-17(14)21-19(15)23/h4,6,8,10,12H,5,7,9H2,1-3H3,(H,20,22)(H,21,23)/t12-/m0/s1. The highest BCUT2D eigenvalue weighted by Gasteiger charge is 2.20. The van der Waals surface area contributed by atoms with Crippen molar-refractivity contribution in [3.8, 4) is 0 Å². The highest BCUT2D eigenvalue weighted by atomic mass is 16.2. The Morgan fingerprint density at radius 2 is 2.04 bits per heavy atom. The maximum atomic E-state index is 12.5. The minimum atomic E-state index is -0.348. The summed E-state index contributed by atoms with van der Waals surface area (Å²) in [6.07, 6.45) is 2.87. The predicted molar refractivity (Wildman–Crippen MR) is 92.1 cm³/mol. The molecule has 0 aliphatic heterocycles. The molecule has 1 amide bonds. The third-order valence-corrected chi connectivity index (χ3v) is 4.55. The van der Waals surface area contributed by atoms with Crippen LogP contribution < -0.4 is 10.9 Å². The second-order valence-corrected chi connectivity index (χ2v) is 6.64. The first-order chi connectivity index (χ1) is 10.9. The van der Waals surface area contributed by atoms with Gasteiger partial charge in [0.25, 0.3) is 11.5 Å². The molecule has 1 heterocycles. The third kappa shape index (κ3) is 3.21. The first-order valence-electron chi connectivity index (χ1n) is 8.07. The van der Waals surface area contributed by atoms with E-state index in [1.165, 1.54) is 0 Å². The molecule has 23 heavy (non-hydrogen) atoms. The van der Waals surface area contributed by atoms with E-state index < -0.39 is 0 Å². The zero-order valence-corrected chi connectivity index (χ0v) is 13.8. The topological polar surface area (TPSA) is 62.0 Å². The van der Waals surface area contributed by atoms with Gasteiger partial charge in [-0.2, -0.15) is 0 Å². The van der Waals surface area contributed by atoms with Crippen LogP contribution in [0, 0.1) is 19.8 Å². The molecule has 1 aliphatic rings. The van der Waals surface area contributed by atoms with Crippen LogP contribution in [0.1, 0.15) is 46.1 Å². The molecule has 3 rings (SSSR count). The molecular formula is C19H22N2O2. The number of benzene rings is 1. The Hall–Kier alpha value is -2.36. The average molecular weight is 310 g/mol. The van der Waals surface area contributed by atoms with Crippen LogP contribution in [0.4, 0.5) is 5.69 Å². The summed E-state index contributed by atoms with van der Waals surface area (Å²) in [5.41, 5.74) is 4.83. The lowest BCUT2D eigenvalue weighted by molar-refractivity contribution is 0.102. The Balaban J connectivity index is 1.90. The Morgan fingerprint density at radius 3 is 2.78 bits per heavy atom. The number of H-pyrrole nitrogens is 1. The molecule has 2 aromatic rings. The number of carbonyl (C=O) groups excluding carboxylic acids is 1. The van der Waals surface area contributed by atoms with Crippen molar-refractivity contribution in [2.75, 3.05) is 5.32 Å². The molecule has 4 heteroatoms. The molecule has 0 saturated carbocycles. The zero-order valence-electron chi connectivity index (χ0n) is 13.8. The highest BCUT2D eigenvalue weighted by Crippen LogP contribution is 2.24. The zero-order chi connectivity index (χ0) is 16.6. The molecule has 0 bridgehead atoms. The molecule has 120 valence electrons. The SMILES string of the molecule is Cc1ccc(NC(=O)c2cc3c([nH]c2=O)CC[C@H](C)C3)c(C)c1. The summed E-state index contributed by atoms with van der Waals surface area (Å²) in [4.78, 5) is 27.6. The Morgan fingerprint density at radius 1 is 1.26 bits per heavy atom. The van der Waals surface area contributed by atoms with Gasteiger partial charge < -0.3 is 10.3 Å². The van der Waals surface area contributed by atoms with E-state index in [9.17, 15) is 9.59 Å². The molecule has 1 aromatic carbocycles. The lowest BCUT2D eigenvalue weighted by atomic mass is 9.87. The van der Waals surface area contributed by atoms with Crippen molar-refractivity contribution >= 4 is 11.6 Å². The van der Waals surface area contributed by atoms with Gasteiger partial charge in [0.1, 0.15) is 5.56 Å². The van der Waals surface area contributed by atoms with Gasteiger partial charge in [-0.1, -0.05) is 24.6 Å². The van der Waals surface area contributed by atoms with E-state index >= 15 is 0 Å². The van der Waals surface area contributed by atoms with Crippen molar-refractivity contribution in [2.45, 2.75) is 40.0 Å². The number of hydrogen-bond donors (Lipinski definition) is 2. The van der Waals surface area contributed by atoms with Crippen LogP contribution in [-0.4, -0.2) is 10.9 Å². The lowest BCUT2D eigenvalue weighted by Gasteiger charge is -2.21. The fourth-order valence-electron chi connectivity index (χ4n) is 3.20.